The van der Waals surface area contributed by atoms with Crippen molar-refractivity contribution in [2.75, 3.05) is 6.61 Å². The minimum absolute atomic E-state index is 0.000647. The maximum Gasteiger partial charge on any atom is 0.534 e. The Balaban J connectivity index is 2.42. The van der Waals surface area contributed by atoms with Gasteiger partial charge in [0.2, 0.25) is 0 Å². The van der Waals surface area contributed by atoms with Gasteiger partial charge in [0, 0.05) is 12.5 Å². The van der Waals surface area contributed by atoms with Gasteiger partial charge in [-0.05, 0) is 44.1 Å². The van der Waals surface area contributed by atoms with E-state index in [2.05, 4.69) is 17.3 Å². The molecule has 158 valence electrons. The van der Waals surface area contributed by atoms with Crippen LogP contribution in [0, 0.1) is 5.92 Å². The Kier molecular flexibility index (Phi) is 8.78. The summed E-state index contributed by atoms with van der Waals surface area (Å²) in [6.45, 7) is 8.68. The maximum absolute atomic E-state index is 12.3. The van der Waals surface area contributed by atoms with Crippen LogP contribution in [0.3, 0.4) is 0 Å². The number of aliphatic hydroxyl groups excluding tert-OH is 2. The number of ether oxygens (including phenoxy) is 1. The van der Waals surface area contributed by atoms with Crippen molar-refractivity contribution in [2.24, 2.45) is 5.92 Å². The van der Waals surface area contributed by atoms with Gasteiger partial charge < -0.3 is 19.1 Å². The van der Waals surface area contributed by atoms with E-state index in [1.807, 2.05) is 0 Å². The first-order valence-corrected chi connectivity index (χ1v) is 10.1. The smallest absolute Gasteiger partial charge is 0.396 e. The number of halogens is 3. The average molecular weight is 416 g/mol. The Morgan fingerprint density at radius 1 is 1.41 bits per heavy atom. The molecule has 0 aliphatic carbocycles. The molecule has 1 aliphatic rings. The third-order valence-electron chi connectivity index (χ3n) is 4.42. The summed E-state index contributed by atoms with van der Waals surface area (Å²) in [7, 11) is -5.75. The van der Waals surface area contributed by atoms with Gasteiger partial charge in [0.05, 0.1) is 18.3 Å². The van der Waals surface area contributed by atoms with E-state index < -0.39 is 33.4 Å². The average Bonchev–Trinajstić information content (AvgIpc) is 2.89. The molecule has 0 spiro atoms. The fourth-order valence-electron chi connectivity index (χ4n) is 2.83. The van der Waals surface area contributed by atoms with Crippen LogP contribution in [0.2, 0.25) is 0 Å². The highest BCUT2D eigenvalue weighted by molar-refractivity contribution is 7.87. The van der Waals surface area contributed by atoms with E-state index in [0.29, 0.717) is 25.7 Å². The Morgan fingerprint density at radius 2 is 2.04 bits per heavy atom. The van der Waals surface area contributed by atoms with E-state index >= 15 is 0 Å². The van der Waals surface area contributed by atoms with Crippen LogP contribution in [0.15, 0.2) is 24.5 Å². The van der Waals surface area contributed by atoms with Crippen LogP contribution in [0.5, 0.6) is 0 Å². The molecule has 10 heteroatoms. The molecule has 0 aromatic carbocycles. The predicted molar refractivity (Wildman–Crippen MR) is 93.0 cm³/mol. The van der Waals surface area contributed by atoms with E-state index in [1.165, 1.54) is 6.92 Å². The van der Waals surface area contributed by atoms with Crippen molar-refractivity contribution in [3.63, 3.8) is 0 Å². The van der Waals surface area contributed by atoms with E-state index in [0.717, 1.165) is 12.0 Å². The van der Waals surface area contributed by atoms with Crippen molar-refractivity contribution in [3.05, 3.63) is 24.5 Å². The van der Waals surface area contributed by atoms with Gasteiger partial charge in [0.15, 0.2) is 0 Å². The number of alkyl halides is 3. The molecule has 0 aromatic heterocycles. The first-order valence-electron chi connectivity index (χ1n) is 8.69. The molecular formula is C17H27F3O6S. The summed E-state index contributed by atoms with van der Waals surface area (Å²) in [5.41, 5.74) is -4.62. The van der Waals surface area contributed by atoms with Gasteiger partial charge in [-0.2, -0.15) is 21.6 Å². The number of rotatable bonds is 11. The molecule has 0 aromatic rings. The molecule has 6 nitrogen and oxygen atoms in total. The second kappa shape index (κ2) is 9.90. The standard InChI is InChI=1S/C17H27F3O6S/c1-11(13(3)26-27(23,24)17(18,19)20)9-14(22)6-7-16-12(2)10-15(25-16)5-4-8-21/h11,14-16,21-22H,2-10H2,1H3/t11-,14?,15+,16+/m1/s1. The molecule has 27 heavy (non-hydrogen) atoms. The lowest BCUT2D eigenvalue weighted by Crippen LogP contribution is -2.27. The van der Waals surface area contributed by atoms with Gasteiger partial charge >= 0.3 is 15.6 Å². The fraction of sp³-hybridized carbons (Fsp3) is 0.765. The molecular weight excluding hydrogens is 389 g/mol. The van der Waals surface area contributed by atoms with Gasteiger partial charge in [0.25, 0.3) is 0 Å². The maximum atomic E-state index is 12.3. The molecule has 1 aliphatic heterocycles. The molecule has 1 unspecified atom stereocenters. The van der Waals surface area contributed by atoms with Gasteiger partial charge in [0.1, 0.15) is 5.76 Å². The molecule has 1 heterocycles. The Bertz CT molecular complexity index is 617. The summed E-state index contributed by atoms with van der Waals surface area (Å²) in [5.74, 6) is -1.36. The van der Waals surface area contributed by atoms with Crippen LogP contribution in [0.4, 0.5) is 13.2 Å². The molecule has 2 N–H and O–H groups in total. The first-order chi connectivity index (χ1) is 12.4. The molecule has 0 bridgehead atoms. The van der Waals surface area contributed by atoms with Crippen LogP contribution >= 0.6 is 0 Å². The van der Waals surface area contributed by atoms with Crippen LogP contribution in [0.1, 0.15) is 45.4 Å². The molecule has 0 amide bonds. The molecule has 1 saturated heterocycles. The van der Waals surface area contributed by atoms with Crippen molar-refractivity contribution >= 4 is 10.1 Å². The number of hydrogen-bond acceptors (Lipinski definition) is 6. The number of aliphatic hydroxyl groups is 2. The zero-order chi connectivity index (χ0) is 20.8. The largest absolute Gasteiger partial charge is 0.534 e. The monoisotopic (exact) mass is 416 g/mol. The van der Waals surface area contributed by atoms with Crippen molar-refractivity contribution in [2.45, 2.75) is 69.3 Å². The first kappa shape index (κ1) is 23.9. The Morgan fingerprint density at radius 3 is 2.59 bits per heavy atom. The van der Waals surface area contributed by atoms with E-state index in [-0.39, 0.29) is 25.2 Å². The van der Waals surface area contributed by atoms with E-state index in [1.54, 1.807) is 0 Å². The minimum Gasteiger partial charge on any atom is -0.396 e. The fourth-order valence-corrected chi connectivity index (χ4v) is 3.37. The Hall–Kier alpha value is -1.10. The highest BCUT2D eigenvalue weighted by atomic mass is 32.2. The molecule has 0 radical (unpaired) electrons. The van der Waals surface area contributed by atoms with Gasteiger partial charge in [-0.1, -0.05) is 20.1 Å². The van der Waals surface area contributed by atoms with Crippen LogP contribution in [-0.2, 0) is 19.0 Å². The quantitative estimate of drug-likeness (QED) is 0.233. The third-order valence-corrected chi connectivity index (χ3v) is 5.42. The molecule has 1 rings (SSSR count). The van der Waals surface area contributed by atoms with Gasteiger partial charge in [-0.15, -0.1) is 0 Å². The van der Waals surface area contributed by atoms with Crippen molar-refractivity contribution in [1.82, 2.24) is 0 Å². The van der Waals surface area contributed by atoms with Crippen molar-refractivity contribution < 1.29 is 40.7 Å². The summed E-state index contributed by atoms with van der Waals surface area (Å²) in [6.07, 6.45) is 1.72. The van der Waals surface area contributed by atoms with Crippen molar-refractivity contribution in [1.29, 1.82) is 0 Å². The summed E-state index contributed by atoms with van der Waals surface area (Å²) in [5, 5.41) is 18.9. The SMILES string of the molecule is C=C(OS(=O)(=O)C(F)(F)F)[C@H](C)CC(O)CC[C@@H]1O[C@@H](CCCO)CC1=C. The van der Waals surface area contributed by atoms with E-state index in [4.69, 9.17) is 9.84 Å². The number of hydrogen-bond donors (Lipinski definition) is 2. The predicted octanol–water partition coefficient (Wildman–Crippen LogP) is 3.02. The third kappa shape index (κ3) is 7.44. The topological polar surface area (TPSA) is 93.1 Å². The van der Waals surface area contributed by atoms with Crippen molar-refractivity contribution in [3.8, 4) is 0 Å². The van der Waals surface area contributed by atoms with Gasteiger partial charge in [-0.25, -0.2) is 0 Å². The normalized spacial score (nSPS) is 23.3. The summed E-state index contributed by atoms with van der Waals surface area (Å²) in [4.78, 5) is 0. The summed E-state index contributed by atoms with van der Waals surface area (Å²) < 4.78 is 68.7. The van der Waals surface area contributed by atoms with Crippen LogP contribution < -0.4 is 0 Å². The van der Waals surface area contributed by atoms with Crippen LogP contribution in [0.25, 0.3) is 0 Å². The lowest BCUT2D eigenvalue weighted by molar-refractivity contribution is -0.0527. The highest BCUT2D eigenvalue weighted by Gasteiger charge is 2.49. The molecule has 4 atom stereocenters. The van der Waals surface area contributed by atoms with E-state index in [9.17, 15) is 26.7 Å². The number of allylic oxidation sites excluding steroid dienone is 1. The molecule has 0 saturated carbocycles. The second-order valence-corrected chi connectivity index (χ2v) is 8.33. The second-order valence-electron chi connectivity index (χ2n) is 6.79. The Labute approximate surface area is 157 Å². The van der Waals surface area contributed by atoms with Gasteiger partial charge in [-0.3, -0.25) is 0 Å². The zero-order valence-electron chi connectivity index (χ0n) is 15.2. The minimum atomic E-state index is -5.75. The zero-order valence-corrected chi connectivity index (χ0v) is 16.1. The van der Waals surface area contributed by atoms with Crippen LogP contribution in [-0.4, -0.2) is 49.1 Å². The summed E-state index contributed by atoms with van der Waals surface area (Å²) in [6, 6.07) is 0. The summed E-state index contributed by atoms with van der Waals surface area (Å²) >= 11 is 0. The highest BCUT2D eigenvalue weighted by Crippen LogP contribution is 2.32. The molecule has 1 fully saturated rings. The lowest BCUT2D eigenvalue weighted by Gasteiger charge is -2.20. The lowest BCUT2D eigenvalue weighted by atomic mass is 9.96.